The number of para-hydroxylation sites is 2. The predicted molar refractivity (Wildman–Crippen MR) is 110 cm³/mol. The van der Waals surface area contributed by atoms with Crippen LogP contribution < -0.4 is 5.32 Å². The molecule has 0 aliphatic carbocycles. The normalized spacial score (nSPS) is 21.9. The third-order valence-electron chi connectivity index (χ3n) is 6.22. The van der Waals surface area contributed by atoms with Crippen molar-refractivity contribution in [1.29, 1.82) is 0 Å². The number of hydrogen-bond donors (Lipinski definition) is 1. The highest BCUT2D eigenvalue weighted by Crippen LogP contribution is 2.33. The van der Waals surface area contributed by atoms with Crippen LogP contribution in [-0.4, -0.2) is 40.6 Å². The molecule has 5 rings (SSSR count). The summed E-state index contributed by atoms with van der Waals surface area (Å²) in [5.41, 5.74) is 3.90. The van der Waals surface area contributed by atoms with Gasteiger partial charge < -0.3 is 9.88 Å². The fourth-order valence-corrected chi connectivity index (χ4v) is 4.79. The minimum absolute atomic E-state index is 0.555. The first-order valence-corrected chi connectivity index (χ1v) is 10.3. The molecule has 1 N–H and O–H groups in total. The topological polar surface area (TPSA) is 33.1 Å². The molecule has 27 heavy (non-hydrogen) atoms. The van der Waals surface area contributed by atoms with Gasteiger partial charge in [-0.3, -0.25) is 4.90 Å². The van der Waals surface area contributed by atoms with Crippen molar-refractivity contribution in [3.05, 3.63) is 66.0 Å². The first-order chi connectivity index (χ1) is 13.4. The molecule has 0 radical (unpaired) electrons. The van der Waals surface area contributed by atoms with Gasteiger partial charge in [0.05, 0.1) is 11.0 Å². The van der Waals surface area contributed by atoms with E-state index >= 15 is 0 Å². The average molecular weight is 361 g/mol. The highest BCUT2D eigenvalue weighted by molar-refractivity contribution is 5.76. The van der Waals surface area contributed by atoms with Crippen molar-refractivity contribution in [3.63, 3.8) is 0 Å². The Morgan fingerprint density at radius 2 is 1.70 bits per heavy atom. The molecule has 0 spiro atoms. The number of imidazole rings is 1. The third kappa shape index (κ3) is 3.40. The Balaban J connectivity index is 1.37. The summed E-state index contributed by atoms with van der Waals surface area (Å²) in [7, 11) is 0. The fraction of sp³-hybridized carbons (Fsp3) is 0.435. The number of nitrogens with zero attached hydrogens (tertiary/aromatic N) is 3. The monoisotopic (exact) mass is 360 g/mol. The van der Waals surface area contributed by atoms with E-state index in [4.69, 9.17) is 4.98 Å². The first kappa shape index (κ1) is 17.0. The maximum atomic E-state index is 5.07. The molecule has 0 unspecified atom stereocenters. The highest BCUT2D eigenvalue weighted by atomic mass is 15.2. The molecular weight excluding hydrogens is 332 g/mol. The van der Waals surface area contributed by atoms with E-state index in [2.05, 4.69) is 69.4 Å². The highest BCUT2D eigenvalue weighted by Gasteiger charge is 2.29. The first-order valence-electron chi connectivity index (χ1n) is 10.3. The van der Waals surface area contributed by atoms with Gasteiger partial charge in [0.25, 0.3) is 0 Å². The molecule has 0 saturated carbocycles. The maximum absolute atomic E-state index is 5.07. The minimum atomic E-state index is 0.555. The van der Waals surface area contributed by atoms with Gasteiger partial charge in [-0.1, -0.05) is 42.5 Å². The van der Waals surface area contributed by atoms with Crippen molar-refractivity contribution in [2.75, 3.05) is 26.2 Å². The van der Waals surface area contributed by atoms with Crippen molar-refractivity contribution in [2.45, 2.75) is 37.8 Å². The number of hydrogen-bond acceptors (Lipinski definition) is 3. The number of nitrogens with one attached hydrogen (secondary N) is 1. The van der Waals surface area contributed by atoms with E-state index in [1.807, 2.05) is 0 Å². The zero-order chi connectivity index (χ0) is 18.1. The van der Waals surface area contributed by atoms with Crippen molar-refractivity contribution in [1.82, 2.24) is 19.8 Å². The zero-order valence-corrected chi connectivity index (χ0v) is 15.8. The quantitative estimate of drug-likeness (QED) is 0.765. The van der Waals surface area contributed by atoms with Gasteiger partial charge in [0, 0.05) is 38.1 Å². The van der Waals surface area contributed by atoms with Crippen LogP contribution >= 0.6 is 0 Å². The maximum Gasteiger partial charge on any atom is 0.114 e. The summed E-state index contributed by atoms with van der Waals surface area (Å²) < 4.78 is 2.59. The van der Waals surface area contributed by atoms with E-state index in [1.165, 1.54) is 36.2 Å². The van der Waals surface area contributed by atoms with Crippen LogP contribution in [-0.2, 0) is 6.54 Å². The number of likely N-dealkylation sites (tertiary alicyclic amines) is 1. The molecule has 2 aliphatic heterocycles. The third-order valence-corrected chi connectivity index (χ3v) is 6.22. The molecule has 4 heteroatoms. The molecule has 2 fully saturated rings. The van der Waals surface area contributed by atoms with Crippen molar-refractivity contribution in [2.24, 2.45) is 0 Å². The van der Waals surface area contributed by atoms with Gasteiger partial charge >= 0.3 is 0 Å². The standard InChI is InChI=1S/C23H28N4/c1-2-6-18(7-3-1)17-26-14-11-20(12-15-26)27-22-9-5-4-8-21(22)25-23(27)19-10-13-24-16-19/h1-9,19-20,24H,10-17H2/t19-/m1/s1. The SMILES string of the molecule is c1ccc(CN2CCC(n3c([C@@H]4CCNC4)nc4ccccc43)CC2)cc1. The largest absolute Gasteiger partial charge is 0.324 e. The molecule has 0 amide bonds. The summed E-state index contributed by atoms with van der Waals surface area (Å²) in [5.74, 6) is 1.86. The average Bonchev–Trinajstić information content (AvgIpc) is 3.37. The lowest BCUT2D eigenvalue weighted by atomic mass is 10.0. The van der Waals surface area contributed by atoms with Crippen LogP contribution in [0.4, 0.5) is 0 Å². The van der Waals surface area contributed by atoms with Gasteiger partial charge in [-0.25, -0.2) is 4.98 Å². The van der Waals surface area contributed by atoms with Crippen LogP contribution in [0.1, 0.15) is 42.6 Å². The number of aromatic nitrogens is 2. The lowest BCUT2D eigenvalue weighted by Gasteiger charge is -2.34. The van der Waals surface area contributed by atoms with Gasteiger partial charge in [-0.15, -0.1) is 0 Å². The summed E-state index contributed by atoms with van der Waals surface area (Å²) in [5, 5.41) is 3.52. The van der Waals surface area contributed by atoms with Gasteiger partial charge in [0.15, 0.2) is 0 Å². The van der Waals surface area contributed by atoms with E-state index in [9.17, 15) is 0 Å². The van der Waals surface area contributed by atoms with E-state index in [1.54, 1.807) is 0 Å². The number of benzene rings is 2. The molecule has 0 bridgehead atoms. The van der Waals surface area contributed by atoms with Gasteiger partial charge in [-0.2, -0.15) is 0 Å². The molecule has 1 atom stereocenters. The Morgan fingerprint density at radius 1 is 0.926 bits per heavy atom. The number of piperidine rings is 1. The second kappa shape index (κ2) is 7.45. The van der Waals surface area contributed by atoms with Crippen molar-refractivity contribution < 1.29 is 0 Å². The molecule has 4 nitrogen and oxygen atoms in total. The summed E-state index contributed by atoms with van der Waals surface area (Å²) in [4.78, 5) is 7.66. The number of rotatable bonds is 4. The Labute approximate surface area is 161 Å². The van der Waals surface area contributed by atoms with Crippen LogP contribution in [0, 0.1) is 0 Å². The van der Waals surface area contributed by atoms with Crippen LogP contribution in [0.25, 0.3) is 11.0 Å². The minimum Gasteiger partial charge on any atom is -0.324 e. The lowest BCUT2D eigenvalue weighted by Crippen LogP contribution is -2.34. The second-order valence-electron chi connectivity index (χ2n) is 8.01. The van der Waals surface area contributed by atoms with Crippen molar-refractivity contribution >= 4 is 11.0 Å². The van der Waals surface area contributed by atoms with Crippen LogP contribution in [0.15, 0.2) is 54.6 Å². The Kier molecular flexibility index (Phi) is 4.68. The van der Waals surface area contributed by atoms with Crippen LogP contribution in [0.3, 0.4) is 0 Å². The van der Waals surface area contributed by atoms with E-state index < -0.39 is 0 Å². The Hall–Kier alpha value is -2.17. The molecule has 3 heterocycles. The lowest BCUT2D eigenvalue weighted by molar-refractivity contribution is 0.179. The van der Waals surface area contributed by atoms with E-state index in [-0.39, 0.29) is 0 Å². The Morgan fingerprint density at radius 3 is 2.48 bits per heavy atom. The van der Waals surface area contributed by atoms with Crippen LogP contribution in [0.5, 0.6) is 0 Å². The summed E-state index contributed by atoms with van der Waals surface area (Å²) >= 11 is 0. The van der Waals surface area contributed by atoms with Gasteiger partial charge in [0.1, 0.15) is 5.82 Å². The molecule has 140 valence electrons. The Bertz CT molecular complexity index is 887. The zero-order valence-electron chi connectivity index (χ0n) is 15.8. The molecule has 1 aromatic heterocycles. The van der Waals surface area contributed by atoms with E-state index in [0.717, 1.165) is 38.2 Å². The van der Waals surface area contributed by atoms with E-state index in [0.29, 0.717) is 12.0 Å². The molecule has 2 saturated heterocycles. The second-order valence-corrected chi connectivity index (χ2v) is 8.01. The van der Waals surface area contributed by atoms with Gasteiger partial charge in [0.2, 0.25) is 0 Å². The molecule has 2 aliphatic rings. The summed E-state index contributed by atoms with van der Waals surface area (Å²) in [6.45, 7) is 5.57. The summed E-state index contributed by atoms with van der Waals surface area (Å²) in [6.07, 6.45) is 3.62. The molecule has 3 aromatic rings. The smallest absolute Gasteiger partial charge is 0.114 e. The van der Waals surface area contributed by atoms with Crippen LogP contribution in [0.2, 0.25) is 0 Å². The molecular formula is C23H28N4. The predicted octanol–water partition coefficient (Wildman–Crippen LogP) is 3.95. The van der Waals surface area contributed by atoms with Crippen molar-refractivity contribution in [3.8, 4) is 0 Å². The number of fused-ring (bicyclic) bond motifs is 1. The molecule has 2 aromatic carbocycles. The van der Waals surface area contributed by atoms with Gasteiger partial charge in [-0.05, 0) is 43.5 Å². The summed E-state index contributed by atoms with van der Waals surface area (Å²) in [6, 6.07) is 20.1. The fourth-order valence-electron chi connectivity index (χ4n) is 4.79.